The minimum absolute atomic E-state index is 0.285. The number of rotatable bonds is 19. The van der Waals surface area contributed by atoms with E-state index in [1.807, 2.05) is 12.1 Å². The highest BCUT2D eigenvalue weighted by molar-refractivity contribution is 8.69. The molecule has 0 amide bonds. The maximum absolute atomic E-state index is 10.8. The largest absolute Gasteiger partial charge is 0.320 e. The minimum atomic E-state index is -3.96. The fourth-order valence-electron chi connectivity index (χ4n) is 3.52. The molecule has 0 spiro atoms. The Morgan fingerprint density at radius 3 is 1.73 bits per heavy atom. The normalized spacial score (nSPS) is 12.1. The van der Waals surface area contributed by atoms with E-state index in [0.29, 0.717) is 10.8 Å². The zero-order chi connectivity index (χ0) is 21.9. The number of allylic oxidation sites excluding steroid dienone is 2. The molecule has 1 aromatic carbocycles. The molecule has 0 aromatic heterocycles. The average Bonchev–Trinajstić information content (AvgIpc) is 2.72. The van der Waals surface area contributed by atoms with Crippen LogP contribution in [0.1, 0.15) is 108 Å². The SMILES string of the molecule is CCCCCCCC/C=C\CCCCCCCCc1ccc(CSS(=O)(=O)O)cc1. The van der Waals surface area contributed by atoms with Crippen LogP contribution in [0.15, 0.2) is 36.4 Å². The Labute approximate surface area is 189 Å². The molecule has 3 nitrogen and oxygen atoms in total. The molecule has 0 fully saturated rings. The number of unbranched alkanes of at least 4 members (excludes halogenated alkanes) is 12. The zero-order valence-corrected chi connectivity index (χ0v) is 20.5. The van der Waals surface area contributed by atoms with Crippen LogP contribution in [0.2, 0.25) is 0 Å². The van der Waals surface area contributed by atoms with Crippen LogP contribution in [0.3, 0.4) is 0 Å². The van der Waals surface area contributed by atoms with Crippen molar-refractivity contribution in [2.24, 2.45) is 0 Å². The van der Waals surface area contributed by atoms with Crippen LogP contribution in [0.5, 0.6) is 0 Å². The third-order valence-corrected chi connectivity index (χ3v) is 7.37. The Bertz CT molecular complexity index is 651. The molecule has 0 saturated carbocycles. The third-order valence-electron chi connectivity index (χ3n) is 5.37. The molecule has 1 aromatic rings. The van der Waals surface area contributed by atoms with Gasteiger partial charge in [-0.25, -0.2) is 0 Å². The van der Waals surface area contributed by atoms with E-state index in [-0.39, 0.29) is 5.75 Å². The van der Waals surface area contributed by atoms with E-state index >= 15 is 0 Å². The van der Waals surface area contributed by atoms with Gasteiger partial charge in [-0.1, -0.05) is 101 Å². The van der Waals surface area contributed by atoms with Gasteiger partial charge in [0.15, 0.2) is 0 Å². The maximum Gasteiger partial charge on any atom is 0.320 e. The van der Waals surface area contributed by atoms with E-state index in [1.165, 1.54) is 95.5 Å². The van der Waals surface area contributed by atoms with E-state index in [9.17, 15) is 8.42 Å². The van der Waals surface area contributed by atoms with Crippen molar-refractivity contribution in [3.63, 3.8) is 0 Å². The van der Waals surface area contributed by atoms with Gasteiger partial charge < -0.3 is 0 Å². The van der Waals surface area contributed by atoms with Crippen LogP contribution in [-0.2, 0) is 21.3 Å². The highest BCUT2D eigenvalue weighted by atomic mass is 33.1. The smallest absolute Gasteiger partial charge is 0.277 e. The topological polar surface area (TPSA) is 54.4 Å². The zero-order valence-electron chi connectivity index (χ0n) is 18.9. The average molecular weight is 455 g/mol. The van der Waals surface area contributed by atoms with Gasteiger partial charge in [0, 0.05) is 16.5 Å². The van der Waals surface area contributed by atoms with Gasteiger partial charge in [-0.15, -0.1) is 0 Å². The van der Waals surface area contributed by atoms with Gasteiger partial charge in [0.1, 0.15) is 0 Å². The lowest BCUT2D eigenvalue weighted by Gasteiger charge is -2.04. The molecule has 0 aliphatic carbocycles. The summed E-state index contributed by atoms with van der Waals surface area (Å²) in [5, 5.41) is 0. The van der Waals surface area contributed by atoms with E-state index in [4.69, 9.17) is 4.55 Å². The highest BCUT2D eigenvalue weighted by Crippen LogP contribution is 2.18. The van der Waals surface area contributed by atoms with Crippen LogP contribution in [0.25, 0.3) is 0 Å². The summed E-state index contributed by atoms with van der Waals surface area (Å²) in [6.07, 6.45) is 24.4. The molecule has 0 radical (unpaired) electrons. The molecule has 0 heterocycles. The number of aryl methyl sites for hydroxylation is 1. The van der Waals surface area contributed by atoms with Crippen molar-refractivity contribution in [3.8, 4) is 0 Å². The molecule has 0 atom stereocenters. The first-order valence-electron chi connectivity index (χ1n) is 11.9. The molecular formula is C25H42O3S2. The predicted molar refractivity (Wildman–Crippen MR) is 132 cm³/mol. The first-order valence-corrected chi connectivity index (χ1v) is 14.8. The maximum atomic E-state index is 10.8. The summed E-state index contributed by atoms with van der Waals surface area (Å²) in [6, 6.07) is 8.04. The van der Waals surface area contributed by atoms with Crippen LogP contribution in [-0.4, -0.2) is 13.0 Å². The molecule has 0 aliphatic rings. The van der Waals surface area contributed by atoms with Crippen molar-refractivity contribution in [1.29, 1.82) is 0 Å². The van der Waals surface area contributed by atoms with Crippen LogP contribution in [0, 0.1) is 0 Å². The third kappa shape index (κ3) is 17.0. The van der Waals surface area contributed by atoms with Crippen molar-refractivity contribution in [2.45, 2.75) is 109 Å². The lowest BCUT2D eigenvalue weighted by atomic mass is 10.0. The van der Waals surface area contributed by atoms with Crippen molar-refractivity contribution in [1.82, 2.24) is 0 Å². The van der Waals surface area contributed by atoms with Crippen LogP contribution in [0.4, 0.5) is 0 Å². The van der Waals surface area contributed by atoms with E-state index in [1.54, 1.807) is 0 Å². The van der Waals surface area contributed by atoms with Crippen LogP contribution < -0.4 is 0 Å². The Balaban J connectivity index is 1.92. The van der Waals surface area contributed by atoms with Gasteiger partial charge in [0.2, 0.25) is 0 Å². The van der Waals surface area contributed by atoms with Crippen molar-refractivity contribution in [2.75, 3.05) is 0 Å². The summed E-state index contributed by atoms with van der Waals surface area (Å²) in [7, 11) is -3.40. The molecule has 0 unspecified atom stereocenters. The summed E-state index contributed by atoms with van der Waals surface area (Å²) in [4.78, 5) is 0. The first-order chi connectivity index (χ1) is 14.5. The molecule has 0 bridgehead atoms. The molecule has 5 heteroatoms. The second-order valence-corrected chi connectivity index (χ2v) is 11.5. The molecule has 0 saturated heterocycles. The Kier molecular flexibility index (Phi) is 16.2. The quantitative estimate of drug-likeness (QED) is 0.0988. The predicted octanol–water partition coefficient (Wildman–Crippen LogP) is 8.30. The summed E-state index contributed by atoms with van der Waals surface area (Å²) < 4.78 is 30.3. The first kappa shape index (κ1) is 27.3. The second kappa shape index (κ2) is 17.9. The lowest BCUT2D eigenvalue weighted by Crippen LogP contribution is -1.92. The number of benzene rings is 1. The summed E-state index contributed by atoms with van der Waals surface area (Å²) >= 11 is 0. The van der Waals surface area contributed by atoms with Gasteiger partial charge in [-0.3, -0.25) is 4.55 Å². The van der Waals surface area contributed by atoms with Crippen LogP contribution >= 0.6 is 10.8 Å². The minimum Gasteiger partial charge on any atom is -0.277 e. The molecule has 172 valence electrons. The molecule has 30 heavy (non-hydrogen) atoms. The van der Waals surface area contributed by atoms with Gasteiger partial charge in [-0.05, 0) is 49.7 Å². The monoisotopic (exact) mass is 454 g/mol. The standard InChI is InChI=1S/C25H42O3S2/c1-2-3-4-5-6-7-8-9-10-11-12-13-14-15-16-17-18-24-19-21-25(22-20-24)23-29-30(26,27)28/h9-10,19-22H,2-8,11-18,23H2,1H3,(H,26,27,28)/b10-9-. The van der Waals surface area contributed by atoms with E-state index < -0.39 is 9.15 Å². The highest BCUT2D eigenvalue weighted by Gasteiger charge is 2.05. The number of hydrogen-bond acceptors (Lipinski definition) is 3. The second-order valence-electron chi connectivity index (χ2n) is 8.19. The van der Waals surface area contributed by atoms with Gasteiger partial charge in [-0.2, -0.15) is 8.42 Å². The fourth-order valence-corrected chi connectivity index (χ4v) is 4.85. The number of hydrogen-bond donors (Lipinski definition) is 1. The van der Waals surface area contributed by atoms with E-state index in [2.05, 4.69) is 31.2 Å². The van der Waals surface area contributed by atoms with Crippen molar-refractivity contribution in [3.05, 3.63) is 47.5 Å². The van der Waals surface area contributed by atoms with E-state index in [0.717, 1.165) is 12.0 Å². The van der Waals surface area contributed by atoms with Gasteiger partial charge in [0.25, 0.3) is 0 Å². The van der Waals surface area contributed by atoms with Crippen molar-refractivity contribution >= 4 is 19.9 Å². The van der Waals surface area contributed by atoms with Gasteiger partial charge in [0.05, 0.1) is 0 Å². The Morgan fingerprint density at radius 1 is 0.733 bits per heavy atom. The Morgan fingerprint density at radius 2 is 1.20 bits per heavy atom. The molecular weight excluding hydrogens is 412 g/mol. The summed E-state index contributed by atoms with van der Waals surface area (Å²) in [5.74, 6) is 0.285. The van der Waals surface area contributed by atoms with Gasteiger partial charge >= 0.3 is 9.15 Å². The van der Waals surface area contributed by atoms with Crippen molar-refractivity contribution < 1.29 is 13.0 Å². The lowest BCUT2D eigenvalue weighted by molar-refractivity contribution is 0.503. The summed E-state index contributed by atoms with van der Waals surface area (Å²) in [5.41, 5.74) is 2.22. The molecule has 0 aliphatic heterocycles. The fraction of sp³-hybridized carbons (Fsp3) is 0.680. The molecule has 1 rings (SSSR count). The Hall–Kier alpha value is -0.780. The molecule has 1 N–H and O–H groups in total. The summed E-state index contributed by atoms with van der Waals surface area (Å²) in [6.45, 7) is 2.27.